The zero-order chi connectivity index (χ0) is 15.3. The van der Waals surface area contributed by atoms with Crippen molar-refractivity contribution in [2.75, 3.05) is 12.3 Å². The second-order valence-electron chi connectivity index (χ2n) is 5.94. The minimum Gasteiger partial charge on any atom is -0.393 e. The first-order valence-electron chi connectivity index (χ1n) is 6.88. The highest BCUT2D eigenvalue weighted by molar-refractivity contribution is 7.89. The maximum Gasteiger partial charge on any atom is 0.292 e. The highest BCUT2D eigenvalue weighted by Crippen LogP contribution is 2.60. The first kappa shape index (κ1) is 14.3. The number of nitro groups is 1. The summed E-state index contributed by atoms with van der Waals surface area (Å²) < 4.78 is 27.1. The van der Waals surface area contributed by atoms with E-state index >= 15 is 0 Å². The number of nitrogen functional groups attached to an aromatic ring is 1. The summed E-state index contributed by atoms with van der Waals surface area (Å²) in [7, 11) is -3.68. The van der Waals surface area contributed by atoms with E-state index in [0.717, 1.165) is 25.0 Å². The Kier molecular flexibility index (Phi) is 3.18. The van der Waals surface area contributed by atoms with Gasteiger partial charge in [-0.25, -0.2) is 13.1 Å². The van der Waals surface area contributed by atoms with Crippen LogP contribution in [-0.2, 0) is 10.0 Å². The molecule has 0 aliphatic heterocycles. The number of nitrogens with zero attached hydrogens (tertiary/aromatic N) is 1. The molecular weight excluding hydrogens is 294 g/mol. The first-order valence-corrected chi connectivity index (χ1v) is 8.36. The van der Waals surface area contributed by atoms with Crippen LogP contribution in [0.5, 0.6) is 0 Å². The first-order chi connectivity index (χ1) is 9.84. The maximum atomic E-state index is 12.2. The van der Waals surface area contributed by atoms with Gasteiger partial charge in [0.15, 0.2) is 0 Å². The van der Waals surface area contributed by atoms with Crippen molar-refractivity contribution >= 4 is 21.4 Å². The van der Waals surface area contributed by atoms with E-state index in [4.69, 9.17) is 5.73 Å². The molecule has 3 N–H and O–H groups in total. The topological polar surface area (TPSA) is 115 Å². The summed E-state index contributed by atoms with van der Waals surface area (Å²) in [5.74, 6) is 0.655. The molecule has 0 saturated heterocycles. The van der Waals surface area contributed by atoms with Gasteiger partial charge < -0.3 is 5.73 Å². The molecule has 0 heterocycles. The largest absolute Gasteiger partial charge is 0.393 e. The van der Waals surface area contributed by atoms with Crippen LogP contribution in [0.3, 0.4) is 0 Å². The van der Waals surface area contributed by atoms with Crippen LogP contribution in [0.1, 0.15) is 25.7 Å². The van der Waals surface area contributed by atoms with Crippen molar-refractivity contribution < 1.29 is 13.3 Å². The standard InChI is InChI=1S/C13H17N3O4S/c14-11-7-10(3-4-12(11)16(17)18)21(19,20)15-8-13(5-6-13)9-1-2-9/h3-4,7,9,15H,1-2,5-6,8,14H2. The van der Waals surface area contributed by atoms with Crippen LogP contribution in [0.2, 0.25) is 0 Å². The number of rotatable bonds is 6. The third-order valence-electron chi connectivity index (χ3n) is 4.46. The summed E-state index contributed by atoms with van der Waals surface area (Å²) in [6.45, 7) is 0.441. The van der Waals surface area contributed by atoms with Crippen molar-refractivity contribution in [2.45, 2.75) is 30.6 Å². The second kappa shape index (κ2) is 4.67. The van der Waals surface area contributed by atoms with Gasteiger partial charge in [-0.2, -0.15) is 0 Å². The van der Waals surface area contributed by atoms with Crippen molar-refractivity contribution in [3.05, 3.63) is 28.3 Å². The Balaban J connectivity index is 1.75. The normalized spacial score (nSPS) is 20.2. The smallest absolute Gasteiger partial charge is 0.292 e. The Morgan fingerprint density at radius 2 is 2.05 bits per heavy atom. The predicted octanol–water partition coefficient (Wildman–Crippen LogP) is 1.65. The van der Waals surface area contributed by atoms with Gasteiger partial charge in [-0.3, -0.25) is 10.1 Å². The Labute approximate surface area is 122 Å². The molecule has 2 fully saturated rings. The summed E-state index contributed by atoms with van der Waals surface area (Å²) in [5.41, 5.74) is 5.26. The molecule has 0 radical (unpaired) electrons. The van der Waals surface area contributed by atoms with Crippen molar-refractivity contribution in [1.82, 2.24) is 4.72 Å². The fraction of sp³-hybridized carbons (Fsp3) is 0.538. The lowest BCUT2D eigenvalue weighted by molar-refractivity contribution is -0.383. The van der Waals surface area contributed by atoms with Crippen LogP contribution in [0, 0.1) is 21.4 Å². The average molecular weight is 311 g/mol. The number of nitro benzene ring substituents is 1. The van der Waals surface area contributed by atoms with Crippen LogP contribution in [0.25, 0.3) is 0 Å². The predicted molar refractivity (Wildman–Crippen MR) is 77.1 cm³/mol. The number of nitrogens with one attached hydrogen (secondary N) is 1. The van der Waals surface area contributed by atoms with E-state index in [1.165, 1.54) is 18.9 Å². The highest BCUT2D eigenvalue weighted by atomic mass is 32.2. The molecule has 1 aromatic rings. The van der Waals surface area contributed by atoms with Crippen molar-refractivity contribution in [2.24, 2.45) is 11.3 Å². The van der Waals surface area contributed by atoms with E-state index in [-0.39, 0.29) is 21.7 Å². The molecule has 2 saturated carbocycles. The van der Waals surface area contributed by atoms with Gasteiger partial charge in [0.2, 0.25) is 10.0 Å². The number of nitrogens with two attached hydrogens (primary N) is 1. The van der Waals surface area contributed by atoms with Gasteiger partial charge in [0.1, 0.15) is 5.69 Å². The van der Waals surface area contributed by atoms with Gasteiger partial charge in [0, 0.05) is 12.6 Å². The number of hydrogen-bond donors (Lipinski definition) is 2. The van der Waals surface area contributed by atoms with E-state index in [0.29, 0.717) is 12.5 Å². The molecule has 0 atom stereocenters. The van der Waals surface area contributed by atoms with E-state index in [1.807, 2.05) is 0 Å². The highest BCUT2D eigenvalue weighted by Gasteiger charge is 2.53. The van der Waals surface area contributed by atoms with E-state index in [9.17, 15) is 18.5 Å². The van der Waals surface area contributed by atoms with E-state index in [1.54, 1.807) is 0 Å². The summed E-state index contributed by atoms with van der Waals surface area (Å²) >= 11 is 0. The van der Waals surface area contributed by atoms with Crippen molar-refractivity contribution in [3.63, 3.8) is 0 Å². The van der Waals surface area contributed by atoms with Crippen LogP contribution in [0.4, 0.5) is 11.4 Å². The Morgan fingerprint density at radius 3 is 2.52 bits per heavy atom. The SMILES string of the molecule is Nc1cc(S(=O)(=O)NCC2(C3CC3)CC2)ccc1[N+](=O)[O-]. The molecule has 0 amide bonds. The third kappa shape index (κ3) is 2.73. The molecule has 2 aliphatic rings. The molecular formula is C13H17N3O4S. The number of sulfonamides is 1. The maximum absolute atomic E-state index is 12.2. The second-order valence-corrected chi connectivity index (χ2v) is 7.71. The Hall–Kier alpha value is -1.67. The zero-order valence-electron chi connectivity index (χ0n) is 11.4. The van der Waals surface area contributed by atoms with Crippen LogP contribution >= 0.6 is 0 Å². The molecule has 2 aliphatic carbocycles. The minimum absolute atomic E-state index is 0.0304. The third-order valence-corrected chi connectivity index (χ3v) is 5.85. The van der Waals surface area contributed by atoms with Crippen LogP contribution in [0.15, 0.2) is 23.1 Å². The van der Waals surface area contributed by atoms with Gasteiger partial charge in [-0.05, 0) is 49.1 Å². The van der Waals surface area contributed by atoms with Crippen molar-refractivity contribution in [1.29, 1.82) is 0 Å². The summed E-state index contributed by atoms with van der Waals surface area (Å²) in [4.78, 5) is 10.0. The fourth-order valence-electron chi connectivity index (χ4n) is 2.77. The monoisotopic (exact) mass is 311 g/mol. The molecule has 7 nitrogen and oxygen atoms in total. The van der Waals surface area contributed by atoms with Crippen LogP contribution in [-0.4, -0.2) is 19.9 Å². The molecule has 1 aromatic carbocycles. The lowest BCUT2D eigenvalue weighted by Crippen LogP contribution is -2.31. The van der Waals surface area contributed by atoms with E-state index in [2.05, 4.69) is 4.72 Å². The summed E-state index contributed by atoms with van der Waals surface area (Å²) in [6.07, 6.45) is 4.52. The lowest BCUT2D eigenvalue weighted by atomic mass is 10.0. The lowest BCUT2D eigenvalue weighted by Gasteiger charge is -2.15. The van der Waals surface area contributed by atoms with Gasteiger partial charge >= 0.3 is 0 Å². The van der Waals surface area contributed by atoms with Gasteiger partial charge in [-0.15, -0.1) is 0 Å². The molecule has 3 rings (SSSR count). The quantitative estimate of drug-likeness (QED) is 0.471. The molecule has 0 bridgehead atoms. The fourth-order valence-corrected chi connectivity index (χ4v) is 3.95. The Bertz CT molecular complexity index is 693. The molecule has 21 heavy (non-hydrogen) atoms. The molecule has 0 aromatic heterocycles. The molecule has 0 unspecified atom stereocenters. The number of anilines is 1. The average Bonchev–Trinajstić information content (AvgIpc) is 3.26. The summed E-state index contributed by atoms with van der Waals surface area (Å²) in [6, 6.07) is 3.47. The molecule has 8 heteroatoms. The van der Waals surface area contributed by atoms with Crippen molar-refractivity contribution in [3.8, 4) is 0 Å². The van der Waals surface area contributed by atoms with Gasteiger partial charge in [0.25, 0.3) is 5.69 Å². The number of hydrogen-bond acceptors (Lipinski definition) is 5. The van der Waals surface area contributed by atoms with Gasteiger partial charge in [-0.1, -0.05) is 0 Å². The van der Waals surface area contributed by atoms with Gasteiger partial charge in [0.05, 0.1) is 9.82 Å². The number of benzene rings is 1. The Morgan fingerprint density at radius 1 is 1.38 bits per heavy atom. The van der Waals surface area contributed by atoms with Crippen LogP contribution < -0.4 is 10.5 Å². The zero-order valence-corrected chi connectivity index (χ0v) is 12.2. The molecule has 0 spiro atoms. The molecule has 114 valence electrons. The summed E-state index contributed by atoms with van der Waals surface area (Å²) in [5, 5.41) is 10.7. The minimum atomic E-state index is -3.68. The van der Waals surface area contributed by atoms with E-state index < -0.39 is 14.9 Å².